The van der Waals surface area contributed by atoms with E-state index in [1.54, 1.807) is 6.07 Å². The maximum Gasteiger partial charge on any atom is 0.167 e. The number of para-hydroxylation sites is 5. The Kier molecular flexibility index (Phi) is 4.24. The highest BCUT2D eigenvalue weighted by Crippen LogP contribution is 2.39. The standard InChI is InChI=1S/C45H28N4O/c1-3-13-29(14-4-1)30-25-27-31(28-26-30)43-46-44(48-45(47-43)38-22-12-20-36-34-18-8-10-24-40(34)50-42(36)38)37-21-11-19-35-33-17-7-9-23-39(33)49(41(35)37)32-15-5-2-6-16-32/h1-28H/i2D,5D,6D,7D,9D,11D,15D,16D,17D,19D,21D,23D. The molecule has 10 rings (SSSR count). The molecule has 50 heavy (non-hydrogen) atoms. The fraction of sp³-hybridized carbons (Fsp3) is 0. The average molecular weight is 653 g/mol. The minimum absolute atomic E-state index is 0.0885. The highest BCUT2D eigenvalue weighted by Gasteiger charge is 2.21. The normalized spacial score (nSPS) is 15.0. The highest BCUT2D eigenvalue weighted by atomic mass is 16.3. The first-order chi connectivity index (χ1) is 29.8. The van der Waals surface area contributed by atoms with Crippen LogP contribution in [0.3, 0.4) is 0 Å². The van der Waals surface area contributed by atoms with E-state index in [4.69, 9.17) is 33.1 Å². The number of furan rings is 1. The van der Waals surface area contributed by atoms with Gasteiger partial charge in [0.25, 0.3) is 0 Å². The van der Waals surface area contributed by atoms with Gasteiger partial charge in [0.2, 0.25) is 0 Å². The Labute approximate surface area is 304 Å². The lowest BCUT2D eigenvalue weighted by molar-refractivity contribution is 0.669. The van der Waals surface area contributed by atoms with Crippen LogP contribution >= 0.6 is 0 Å². The zero-order valence-electron chi connectivity index (χ0n) is 37.9. The molecule has 0 bridgehead atoms. The fourth-order valence-corrected chi connectivity index (χ4v) is 6.41. The first-order valence-corrected chi connectivity index (χ1v) is 15.7. The topological polar surface area (TPSA) is 56.7 Å². The first-order valence-electron chi connectivity index (χ1n) is 21.7. The van der Waals surface area contributed by atoms with Crippen LogP contribution in [0.1, 0.15) is 16.4 Å². The third kappa shape index (κ3) is 4.52. The molecular weight excluding hydrogens is 613 g/mol. The quantitative estimate of drug-likeness (QED) is 0.186. The van der Waals surface area contributed by atoms with Crippen LogP contribution < -0.4 is 0 Å². The minimum atomic E-state index is -0.727. The maximum atomic E-state index is 9.48. The maximum absolute atomic E-state index is 9.48. The summed E-state index contributed by atoms with van der Waals surface area (Å²) in [5.74, 6) is -0.00699. The van der Waals surface area contributed by atoms with Crippen LogP contribution in [0.5, 0.6) is 0 Å². The Morgan fingerprint density at radius 2 is 1.12 bits per heavy atom. The molecule has 0 aliphatic rings. The lowest BCUT2D eigenvalue weighted by Crippen LogP contribution is -2.02. The summed E-state index contributed by atoms with van der Waals surface area (Å²) in [6.45, 7) is 0. The molecule has 5 nitrogen and oxygen atoms in total. The van der Waals surface area contributed by atoms with Crippen LogP contribution in [0.25, 0.3) is 94.7 Å². The zero-order valence-corrected chi connectivity index (χ0v) is 25.9. The number of hydrogen-bond donors (Lipinski definition) is 0. The minimum Gasteiger partial charge on any atom is -0.455 e. The van der Waals surface area contributed by atoms with E-state index in [0.29, 0.717) is 22.3 Å². The monoisotopic (exact) mass is 652 g/mol. The van der Waals surface area contributed by atoms with E-state index in [2.05, 4.69) is 0 Å². The molecular formula is C45H28N4O. The van der Waals surface area contributed by atoms with Crippen molar-refractivity contribution < 1.29 is 20.9 Å². The van der Waals surface area contributed by atoms with Crippen LogP contribution in [0, 0.1) is 0 Å². The summed E-state index contributed by atoms with van der Waals surface area (Å²) in [4.78, 5) is 14.7. The van der Waals surface area contributed by atoms with E-state index in [9.17, 15) is 2.74 Å². The molecule has 0 aliphatic carbocycles. The molecule has 0 atom stereocenters. The Hall–Kier alpha value is -6.85. The lowest BCUT2D eigenvalue weighted by atomic mass is 10.0. The van der Waals surface area contributed by atoms with Gasteiger partial charge in [0.1, 0.15) is 11.2 Å². The highest BCUT2D eigenvalue weighted by molar-refractivity contribution is 6.13. The van der Waals surface area contributed by atoms with Crippen molar-refractivity contribution in [3.63, 3.8) is 0 Å². The Morgan fingerprint density at radius 3 is 1.98 bits per heavy atom. The van der Waals surface area contributed by atoms with Crippen LogP contribution in [0.4, 0.5) is 0 Å². The van der Waals surface area contributed by atoms with Gasteiger partial charge in [0.05, 0.1) is 33.0 Å². The van der Waals surface area contributed by atoms with Crippen molar-refractivity contribution in [3.8, 4) is 51.0 Å². The lowest BCUT2D eigenvalue weighted by Gasteiger charge is -2.13. The van der Waals surface area contributed by atoms with Crippen molar-refractivity contribution in [3.05, 3.63) is 170 Å². The third-order valence-electron chi connectivity index (χ3n) is 8.68. The summed E-state index contributed by atoms with van der Waals surface area (Å²) < 4.78 is 114. The van der Waals surface area contributed by atoms with Crippen LogP contribution in [-0.4, -0.2) is 19.5 Å². The summed E-state index contributed by atoms with van der Waals surface area (Å²) in [5.41, 5.74) is 2.62. The first kappa shape index (κ1) is 18.6. The van der Waals surface area contributed by atoms with Gasteiger partial charge in [-0.05, 0) is 47.4 Å². The predicted octanol–water partition coefficient (Wildman–Crippen LogP) is 11.5. The molecule has 0 aliphatic heterocycles. The predicted molar refractivity (Wildman–Crippen MR) is 203 cm³/mol. The van der Waals surface area contributed by atoms with Gasteiger partial charge in [0.15, 0.2) is 17.5 Å². The van der Waals surface area contributed by atoms with Crippen molar-refractivity contribution in [2.75, 3.05) is 0 Å². The van der Waals surface area contributed by atoms with Crippen LogP contribution in [-0.2, 0) is 0 Å². The van der Waals surface area contributed by atoms with Gasteiger partial charge in [0, 0.05) is 38.4 Å². The number of fused-ring (bicyclic) bond motifs is 6. The molecule has 5 heteroatoms. The van der Waals surface area contributed by atoms with Gasteiger partial charge in [-0.3, -0.25) is 0 Å². The second kappa shape index (κ2) is 11.4. The van der Waals surface area contributed by atoms with Gasteiger partial charge in [-0.2, -0.15) is 0 Å². The number of hydrogen-bond acceptors (Lipinski definition) is 4. The molecule has 0 N–H and O–H groups in total. The Bertz CT molecular complexity index is 3520. The van der Waals surface area contributed by atoms with Crippen molar-refractivity contribution in [2.45, 2.75) is 0 Å². The number of rotatable bonds is 5. The Morgan fingerprint density at radius 1 is 0.460 bits per heavy atom. The fourth-order valence-electron chi connectivity index (χ4n) is 6.41. The van der Waals surface area contributed by atoms with Crippen LogP contribution in [0.2, 0.25) is 0 Å². The number of nitrogens with zero attached hydrogens (tertiary/aromatic N) is 4. The van der Waals surface area contributed by atoms with Crippen molar-refractivity contribution >= 4 is 43.7 Å². The van der Waals surface area contributed by atoms with Gasteiger partial charge < -0.3 is 8.98 Å². The molecule has 3 aromatic heterocycles. The summed E-state index contributed by atoms with van der Waals surface area (Å²) >= 11 is 0. The van der Waals surface area contributed by atoms with Crippen molar-refractivity contribution in [2.24, 2.45) is 0 Å². The Balaban J connectivity index is 1.38. The third-order valence-corrected chi connectivity index (χ3v) is 8.68. The molecule has 0 saturated heterocycles. The molecule has 7 aromatic carbocycles. The van der Waals surface area contributed by atoms with E-state index in [1.807, 2.05) is 91.0 Å². The average Bonchev–Trinajstić information content (AvgIpc) is 3.85. The molecule has 0 saturated carbocycles. The smallest absolute Gasteiger partial charge is 0.167 e. The van der Waals surface area contributed by atoms with Gasteiger partial charge >= 0.3 is 0 Å². The SMILES string of the molecule is [2H]c1c([2H])c([2H])c(-n2c3c([2H])c([2H])c([2H])c([2H])c3c3c([2H])c([2H])c([2H])c(-c4nc(-c5ccc(-c6ccccc6)cc5)nc(-c5cccc6c5oc5ccccc56)n4)c32)c([2H])c1[2H]. The molecule has 0 fully saturated rings. The van der Waals surface area contributed by atoms with E-state index in [-0.39, 0.29) is 44.8 Å². The van der Waals surface area contributed by atoms with E-state index in [1.165, 1.54) is 0 Å². The van der Waals surface area contributed by atoms with Crippen molar-refractivity contribution in [1.29, 1.82) is 0 Å². The largest absolute Gasteiger partial charge is 0.455 e. The molecule has 0 amide bonds. The second-order valence-corrected chi connectivity index (χ2v) is 11.5. The molecule has 0 radical (unpaired) electrons. The summed E-state index contributed by atoms with van der Waals surface area (Å²) in [5, 5.41) is 1.13. The molecule has 0 spiro atoms. The summed E-state index contributed by atoms with van der Waals surface area (Å²) in [6.07, 6.45) is 0. The molecule has 10 aromatic rings. The molecule has 0 unspecified atom stereocenters. The van der Waals surface area contributed by atoms with Crippen LogP contribution in [0.15, 0.2) is 174 Å². The van der Waals surface area contributed by atoms with Gasteiger partial charge in [-0.15, -0.1) is 0 Å². The summed E-state index contributed by atoms with van der Waals surface area (Å²) in [6, 6.07) is 22.2. The van der Waals surface area contributed by atoms with Crippen molar-refractivity contribution in [1.82, 2.24) is 19.5 Å². The van der Waals surface area contributed by atoms with E-state index in [0.717, 1.165) is 26.5 Å². The van der Waals surface area contributed by atoms with E-state index < -0.39 is 78.2 Å². The number of aromatic nitrogens is 4. The number of benzene rings is 7. The molecule has 234 valence electrons. The summed E-state index contributed by atoms with van der Waals surface area (Å²) in [7, 11) is 0. The molecule has 3 heterocycles. The van der Waals surface area contributed by atoms with Gasteiger partial charge in [-0.25, -0.2) is 15.0 Å². The van der Waals surface area contributed by atoms with E-state index >= 15 is 0 Å². The second-order valence-electron chi connectivity index (χ2n) is 11.5. The zero-order chi connectivity index (χ0) is 43.5. The van der Waals surface area contributed by atoms with Gasteiger partial charge in [-0.1, -0.05) is 133 Å².